The first-order valence-corrected chi connectivity index (χ1v) is 8.38. The summed E-state index contributed by atoms with van der Waals surface area (Å²) in [4.78, 5) is 25.7. The first-order chi connectivity index (χ1) is 11.8. The van der Waals surface area contributed by atoms with E-state index in [2.05, 4.69) is 20.9 Å². The normalized spacial score (nSPS) is 17.5. The Bertz CT molecular complexity index is 743. The number of aromatic nitrogens is 2. The molecule has 0 spiro atoms. The number of aryl methyl sites for hydroxylation is 1. The average Bonchev–Trinajstić information content (AvgIpc) is 2.68. The molecular weight excluding hydrogens is 304 g/mol. The van der Waals surface area contributed by atoms with Crippen LogP contribution in [0.3, 0.4) is 0 Å². The predicted molar refractivity (Wildman–Crippen MR) is 91.5 cm³/mol. The lowest BCUT2D eigenvalue weighted by Crippen LogP contribution is -2.39. The minimum Gasteiger partial charge on any atom is -0.378 e. The minimum atomic E-state index is -0.0564. The van der Waals surface area contributed by atoms with Crippen LogP contribution in [0, 0.1) is 0 Å². The summed E-state index contributed by atoms with van der Waals surface area (Å²) in [5, 5.41) is 0. The second kappa shape index (κ2) is 6.57. The number of benzene rings is 1. The summed E-state index contributed by atoms with van der Waals surface area (Å²) < 4.78 is 5.36. The van der Waals surface area contributed by atoms with Gasteiger partial charge in [0.2, 0.25) is 5.95 Å². The quantitative estimate of drug-likeness (QED) is 0.844. The van der Waals surface area contributed by atoms with Gasteiger partial charge in [-0.2, -0.15) is 0 Å². The molecular formula is C18H20N4O2. The zero-order valence-electron chi connectivity index (χ0n) is 13.5. The van der Waals surface area contributed by atoms with E-state index in [1.54, 1.807) is 12.3 Å². The van der Waals surface area contributed by atoms with Crippen molar-refractivity contribution in [1.82, 2.24) is 9.97 Å². The first-order valence-electron chi connectivity index (χ1n) is 8.38. The molecule has 2 aliphatic rings. The van der Waals surface area contributed by atoms with E-state index in [-0.39, 0.29) is 5.91 Å². The van der Waals surface area contributed by atoms with Gasteiger partial charge >= 0.3 is 0 Å². The van der Waals surface area contributed by atoms with Crippen molar-refractivity contribution in [3.63, 3.8) is 0 Å². The van der Waals surface area contributed by atoms with Crippen molar-refractivity contribution < 1.29 is 9.53 Å². The second-order valence-corrected chi connectivity index (χ2v) is 6.03. The molecule has 1 aromatic heterocycles. The lowest BCUT2D eigenvalue weighted by Gasteiger charge is -2.30. The van der Waals surface area contributed by atoms with E-state index < -0.39 is 0 Å². The number of anilines is 2. The molecule has 2 aromatic rings. The molecule has 0 aliphatic carbocycles. The van der Waals surface area contributed by atoms with Gasteiger partial charge in [-0.25, -0.2) is 9.97 Å². The summed E-state index contributed by atoms with van der Waals surface area (Å²) in [5.74, 6) is 0.550. The van der Waals surface area contributed by atoms with Crippen LogP contribution in [-0.2, 0) is 11.2 Å². The number of hydrogen-bond acceptors (Lipinski definition) is 5. The van der Waals surface area contributed by atoms with Crippen molar-refractivity contribution in [1.29, 1.82) is 0 Å². The van der Waals surface area contributed by atoms with Crippen molar-refractivity contribution in [2.75, 3.05) is 42.6 Å². The maximum atomic E-state index is 13.0. The fraction of sp³-hybridized carbons (Fsp3) is 0.389. The molecule has 1 fully saturated rings. The minimum absolute atomic E-state index is 0.0564. The number of fused-ring (bicyclic) bond motifs is 1. The van der Waals surface area contributed by atoms with Gasteiger partial charge in [-0.05, 0) is 30.5 Å². The van der Waals surface area contributed by atoms with Gasteiger partial charge in [0.15, 0.2) is 0 Å². The van der Waals surface area contributed by atoms with Gasteiger partial charge in [0.25, 0.3) is 5.91 Å². The van der Waals surface area contributed by atoms with Gasteiger partial charge in [0, 0.05) is 31.5 Å². The second-order valence-electron chi connectivity index (χ2n) is 6.03. The average molecular weight is 324 g/mol. The molecule has 0 N–H and O–H groups in total. The van der Waals surface area contributed by atoms with Gasteiger partial charge in [-0.1, -0.05) is 18.2 Å². The third-order valence-corrected chi connectivity index (χ3v) is 4.51. The summed E-state index contributed by atoms with van der Waals surface area (Å²) in [7, 11) is 0. The maximum absolute atomic E-state index is 13.0. The van der Waals surface area contributed by atoms with E-state index in [1.165, 1.54) is 5.56 Å². The molecule has 0 bridgehead atoms. The Morgan fingerprint density at radius 1 is 1.08 bits per heavy atom. The highest BCUT2D eigenvalue weighted by atomic mass is 16.5. The van der Waals surface area contributed by atoms with Gasteiger partial charge < -0.3 is 14.5 Å². The number of nitrogens with zero attached hydrogens (tertiary/aromatic N) is 4. The van der Waals surface area contributed by atoms with Gasteiger partial charge in [0.1, 0.15) is 5.69 Å². The summed E-state index contributed by atoms with van der Waals surface area (Å²) in [6.07, 6.45) is 3.66. The van der Waals surface area contributed by atoms with Crippen LogP contribution in [0.5, 0.6) is 0 Å². The van der Waals surface area contributed by atoms with E-state index in [9.17, 15) is 4.79 Å². The van der Waals surface area contributed by atoms with E-state index in [0.717, 1.165) is 38.2 Å². The third-order valence-electron chi connectivity index (χ3n) is 4.51. The van der Waals surface area contributed by atoms with Crippen LogP contribution in [-0.4, -0.2) is 48.7 Å². The smallest absolute Gasteiger partial charge is 0.277 e. The summed E-state index contributed by atoms with van der Waals surface area (Å²) in [5.41, 5.74) is 2.67. The highest BCUT2D eigenvalue weighted by Crippen LogP contribution is 2.28. The molecule has 6 heteroatoms. The molecule has 0 saturated carbocycles. The molecule has 0 atom stereocenters. The highest BCUT2D eigenvalue weighted by molar-refractivity contribution is 6.05. The topological polar surface area (TPSA) is 58.6 Å². The number of rotatable bonds is 2. The number of ether oxygens (including phenoxy) is 1. The number of carbonyl (C=O) groups is 1. The lowest BCUT2D eigenvalue weighted by atomic mass is 10.0. The number of para-hydroxylation sites is 1. The van der Waals surface area contributed by atoms with Crippen molar-refractivity contribution in [3.05, 3.63) is 47.8 Å². The van der Waals surface area contributed by atoms with Gasteiger partial charge in [-0.15, -0.1) is 0 Å². The van der Waals surface area contributed by atoms with Crippen LogP contribution in [0.2, 0.25) is 0 Å². The molecule has 2 aliphatic heterocycles. The molecule has 4 rings (SSSR count). The summed E-state index contributed by atoms with van der Waals surface area (Å²) in [6.45, 7) is 3.57. The molecule has 124 valence electrons. The van der Waals surface area contributed by atoms with Crippen LogP contribution < -0.4 is 9.80 Å². The lowest BCUT2D eigenvalue weighted by molar-refractivity contribution is 0.0980. The van der Waals surface area contributed by atoms with Crippen LogP contribution >= 0.6 is 0 Å². The van der Waals surface area contributed by atoms with Crippen LogP contribution in [0.1, 0.15) is 22.5 Å². The number of carbonyl (C=O) groups excluding carboxylic acids is 1. The Morgan fingerprint density at radius 3 is 2.79 bits per heavy atom. The van der Waals surface area contributed by atoms with Crippen molar-refractivity contribution in [3.8, 4) is 0 Å². The Hall–Kier alpha value is -2.47. The maximum Gasteiger partial charge on any atom is 0.277 e. The summed E-state index contributed by atoms with van der Waals surface area (Å²) >= 11 is 0. The summed E-state index contributed by atoms with van der Waals surface area (Å²) in [6, 6.07) is 9.80. The molecule has 1 aromatic carbocycles. The van der Waals surface area contributed by atoms with E-state index in [1.807, 2.05) is 23.1 Å². The highest BCUT2D eigenvalue weighted by Gasteiger charge is 2.25. The Kier molecular flexibility index (Phi) is 4.13. The van der Waals surface area contributed by atoms with Gasteiger partial charge in [0.05, 0.1) is 13.2 Å². The molecule has 0 radical (unpaired) electrons. The van der Waals surface area contributed by atoms with Gasteiger partial charge in [-0.3, -0.25) is 4.79 Å². The SMILES string of the molecule is O=C(c1ccnc(N2CCOCC2)n1)N1CCCc2ccccc21. The van der Waals surface area contributed by atoms with Crippen LogP contribution in [0.25, 0.3) is 0 Å². The molecule has 3 heterocycles. The zero-order chi connectivity index (χ0) is 16.4. The zero-order valence-corrected chi connectivity index (χ0v) is 13.5. The fourth-order valence-electron chi connectivity index (χ4n) is 3.27. The molecule has 6 nitrogen and oxygen atoms in total. The number of morpholine rings is 1. The third kappa shape index (κ3) is 2.85. The van der Waals surface area contributed by atoms with Crippen molar-refractivity contribution >= 4 is 17.5 Å². The van der Waals surface area contributed by atoms with Crippen molar-refractivity contribution in [2.24, 2.45) is 0 Å². The van der Waals surface area contributed by atoms with E-state index >= 15 is 0 Å². The monoisotopic (exact) mass is 324 g/mol. The number of hydrogen-bond donors (Lipinski definition) is 0. The Morgan fingerprint density at radius 2 is 1.92 bits per heavy atom. The molecule has 24 heavy (non-hydrogen) atoms. The van der Waals surface area contributed by atoms with E-state index in [4.69, 9.17) is 4.74 Å². The fourth-order valence-corrected chi connectivity index (χ4v) is 3.27. The molecule has 1 saturated heterocycles. The largest absolute Gasteiger partial charge is 0.378 e. The van der Waals surface area contributed by atoms with Crippen molar-refractivity contribution in [2.45, 2.75) is 12.8 Å². The molecule has 0 unspecified atom stereocenters. The first kappa shape index (κ1) is 15.1. The molecule has 1 amide bonds. The number of amides is 1. The van der Waals surface area contributed by atoms with E-state index in [0.29, 0.717) is 24.9 Å². The van der Waals surface area contributed by atoms with Crippen LogP contribution in [0.15, 0.2) is 36.5 Å². The standard InChI is InChI=1S/C18H20N4O2/c23-17(22-9-3-5-14-4-1-2-6-16(14)22)15-7-8-19-18(20-15)21-10-12-24-13-11-21/h1-2,4,6-8H,3,5,9-13H2. The van der Waals surface area contributed by atoms with Crippen LogP contribution in [0.4, 0.5) is 11.6 Å². The predicted octanol–water partition coefficient (Wildman–Crippen LogP) is 1.91. The Balaban J connectivity index is 1.61. The Labute approximate surface area is 141 Å².